The number of thiophene rings is 1. The molecule has 0 fully saturated rings. The summed E-state index contributed by atoms with van der Waals surface area (Å²) in [5, 5.41) is 4.32. The zero-order valence-electron chi connectivity index (χ0n) is 10.6. The van der Waals surface area contributed by atoms with Gasteiger partial charge in [0.25, 0.3) is 0 Å². The van der Waals surface area contributed by atoms with E-state index in [0.29, 0.717) is 10.4 Å². The molecule has 0 saturated heterocycles. The molecule has 18 heavy (non-hydrogen) atoms. The summed E-state index contributed by atoms with van der Waals surface area (Å²) in [6.45, 7) is 5.56. The number of hydrogen-bond acceptors (Lipinski definition) is 4. The highest BCUT2D eigenvalue weighted by Crippen LogP contribution is 2.12. The maximum atomic E-state index is 11.3. The summed E-state index contributed by atoms with van der Waals surface area (Å²) in [6.07, 6.45) is 0.272. The lowest BCUT2D eigenvalue weighted by atomic mass is 10.2. The van der Waals surface area contributed by atoms with Crippen LogP contribution in [0.5, 0.6) is 0 Å². The van der Waals surface area contributed by atoms with Crippen molar-refractivity contribution >= 4 is 23.7 Å². The fraction of sp³-hybridized carbons (Fsp3) is 0.385. The van der Waals surface area contributed by atoms with Crippen molar-refractivity contribution in [2.24, 2.45) is 0 Å². The van der Waals surface area contributed by atoms with E-state index >= 15 is 0 Å². The number of amides is 1. The average Bonchev–Trinajstić information content (AvgIpc) is 2.69. The normalized spacial score (nSPS) is 10.2. The van der Waals surface area contributed by atoms with Gasteiger partial charge in [0.05, 0.1) is 11.4 Å². The molecule has 96 valence electrons. The number of aldehydes is 1. The second-order valence-corrected chi connectivity index (χ2v) is 5.42. The first-order valence-corrected chi connectivity index (χ1v) is 6.29. The van der Waals surface area contributed by atoms with E-state index in [4.69, 9.17) is 4.74 Å². The van der Waals surface area contributed by atoms with E-state index in [9.17, 15) is 9.59 Å². The molecule has 1 rings (SSSR count). The van der Waals surface area contributed by atoms with Crippen molar-refractivity contribution in [3.05, 3.63) is 21.9 Å². The second-order valence-electron chi connectivity index (χ2n) is 4.47. The lowest BCUT2D eigenvalue weighted by molar-refractivity contribution is 0.0535. The van der Waals surface area contributed by atoms with Crippen molar-refractivity contribution in [2.75, 3.05) is 6.54 Å². The van der Waals surface area contributed by atoms with Gasteiger partial charge in [0, 0.05) is 5.56 Å². The molecule has 0 aliphatic rings. The van der Waals surface area contributed by atoms with Gasteiger partial charge >= 0.3 is 6.09 Å². The third-order valence-electron chi connectivity index (χ3n) is 1.75. The standard InChI is InChI=1S/C13H15NO3S/c1-13(2,3)17-12(16)14-7-4-5-10-6-8-18-11(10)9-15/h6,8-9H,7H2,1-3H3,(H,14,16). The van der Waals surface area contributed by atoms with E-state index in [0.717, 1.165) is 6.29 Å². The molecule has 0 aliphatic heterocycles. The minimum absolute atomic E-state index is 0.184. The molecule has 1 aromatic rings. The number of ether oxygens (including phenoxy) is 1. The average molecular weight is 265 g/mol. The fourth-order valence-electron chi connectivity index (χ4n) is 1.09. The Morgan fingerprint density at radius 2 is 2.28 bits per heavy atom. The molecule has 0 unspecified atom stereocenters. The molecule has 0 radical (unpaired) electrons. The SMILES string of the molecule is CC(C)(C)OC(=O)NCC#Cc1ccsc1C=O. The van der Waals surface area contributed by atoms with Crippen LogP contribution in [0.25, 0.3) is 0 Å². The van der Waals surface area contributed by atoms with Crippen LogP contribution >= 0.6 is 11.3 Å². The van der Waals surface area contributed by atoms with Crippen molar-refractivity contribution in [1.82, 2.24) is 5.32 Å². The predicted molar refractivity (Wildman–Crippen MR) is 70.8 cm³/mol. The van der Waals surface area contributed by atoms with E-state index in [1.54, 1.807) is 32.2 Å². The van der Waals surface area contributed by atoms with Crippen LogP contribution in [0.4, 0.5) is 4.79 Å². The highest BCUT2D eigenvalue weighted by molar-refractivity contribution is 7.11. The minimum Gasteiger partial charge on any atom is -0.444 e. The van der Waals surface area contributed by atoms with Gasteiger partial charge in [0.1, 0.15) is 5.60 Å². The molecule has 1 amide bonds. The Morgan fingerprint density at radius 1 is 1.56 bits per heavy atom. The van der Waals surface area contributed by atoms with E-state index in [1.807, 2.05) is 0 Å². The van der Waals surface area contributed by atoms with E-state index in [-0.39, 0.29) is 6.54 Å². The quantitative estimate of drug-likeness (QED) is 0.660. The fourth-order valence-corrected chi connectivity index (χ4v) is 1.74. The third-order valence-corrected chi connectivity index (χ3v) is 2.59. The van der Waals surface area contributed by atoms with E-state index in [1.165, 1.54) is 11.3 Å². The van der Waals surface area contributed by atoms with Gasteiger partial charge in [-0.3, -0.25) is 4.79 Å². The first kappa shape index (κ1) is 14.3. The number of carbonyl (C=O) groups is 2. The maximum Gasteiger partial charge on any atom is 0.408 e. The molecule has 0 saturated carbocycles. The van der Waals surface area contributed by atoms with Crippen molar-refractivity contribution in [1.29, 1.82) is 0 Å². The van der Waals surface area contributed by atoms with Crippen molar-refractivity contribution < 1.29 is 14.3 Å². The van der Waals surface area contributed by atoms with Gasteiger partial charge in [-0.1, -0.05) is 11.8 Å². The number of nitrogens with one attached hydrogen (secondary N) is 1. The predicted octanol–water partition coefficient (Wildman–Crippen LogP) is 2.44. The Bertz CT molecular complexity index is 488. The summed E-state index contributed by atoms with van der Waals surface area (Å²) in [4.78, 5) is 22.5. The Balaban J connectivity index is 2.43. The molecule has 0 atom stereocenters. The molecule has 0 aliphatic carbocycles. The Labute approximate surface area is 110 Å². The summed E-state index contributed by atoms with van der Waals surface area (Å²) in [5.74, 6) is 5.59. The Hall–Kier alpha value is -1.80. The van der Waals surface area contributed by atoms with Gasteiger partial charge < -0.3 is 10.1 Å². The van der Waals surface area contributed by atoms with Gasteiger partial charge in [-0.05, 0) is 32.2 Å². The zero-order valence-corrected chi connectivity index (χ0v) is 11.4. The Kier molecular flexibility index (Phi) is 4.93. The summed E-state index contributed by atoms with van der Waals surface area (Å²) in [5.41, 5.74) is 0.163. The van der Waals surface area contributed by atoms with Crippen LogP contribution in [0.15, 0.2) is 11.4 Å². The van der Waals surface area contributed by atoms with Crippen LogP contribution < -0.4 is 5.32 Å². The van der Waals surface area contributed by atoms with Crippen LogP contribution in [0.3, 0.4) is 0 Å². The third kappa shape index (κ3) is 5.02. The monoisotopic (exact) mass is 265 g/mol. The first-order valence-electron chi connectivity index (χ1n) is 5.41. The molecule has 0 aromatic carbocycles. The molecule has 0 bridgehead atoms. The molecule has 1 N–H and O–H groups in total. The zero-order chi connectivity index (χ0) is 13.6. The van der Waals surface area contributed by atoms with Gasteiger partial charge in [-0.25, -0.2) is 4.79 Å². The molecule has 1 heterocycles. The molecular weight excluding hydrogens is 250 g/mol. The molecule has 4 nitrogen and oxygen atoms in total. The van der Waals surface area contributed by atoms with Crippen molar-refractivity contribution in [3.8, 4) is 11.8 Å². The molecule has 0 spiro atoms. The van der Waals surface area contributed by atoms with Crippen LogP contribution in [0.1, 0.15) is 36.0 Å². The number of hydrogen-bond donors (Lipinski definition) is 1. The topological polar surface area (TPSA) is 55.4 Å². The van der Waals surface area contributed by atoms with Crippen LogP contribution in [-0.4, -0.2) is 24.5 Å². The highest BCUT2D eigenvalue weighted by Gasteiger charge is 2.14. The van der Waals surface area contributed by atoms with E-state index < -0.39 is 11.7 Å². The van der Waals surface area contributed by atoms with Crippen molar-refractivity contribution in [2.45, 2.75) is 26.4 Å². The molecular formula is C13H15NO3S. The molecule has 1 aromatic heterocycles. The lowest BCUT2D eigenvalue weighted by Gasteiger charge is -2.18. The number of rotatable bonds is 2. The Morgan fingerprint density at radius 3 is 2.89 bits per heavy atom. The minimum atomic E-state index is -0.518. The van der Waals surface area contributed by atoms with Crippen molar-refractivity contribution in [3.63, 3.8) is 0 Å². The summed E-state index contributed by atoms with van der Waals surface area (Å²) >= 11 is 1.34. The van der Waals surface area contributed by atoms with Gasteiger partial charge in [0.2, 0.25) is 0 Å². The summed E-state index contributed by atoms with van der Waals surface area (Å²) in [6, 6.07) is 1.77. The van der Waals surface area contributed by atoms with Gasteiger partial charge in [-0.15, -0.1) is 11.3 Å². The first-order chi connectivity index (χ1) is 8.42. The van der Waals surface area contributed by atoms with Crippen LogP contribution in [0, 0.1) is 11.8 Å². The maximum absolute atomic E-state index is 11.3. The van der Waals surface area contributed by atoms with Gasteiger partial charge in [-0.2, -0.15) is 0 Å². The van der Waals surface area contributed by atoms with Crippen LogP contribution in [0.2, 0.25) is 0 Å². The van der Waals surface area contributed by atoms with Gasteiger partial charge in [0.15, 0.2) is 6.29 Å². The molecule has 5 heteroatoms. The lowest BCUT2D eigenvalue weighted by Crippen LogP contribution is -2.32. The highest BCUT2D eigenvalue weighted by atomic mass is 32.1. The second kappa shape index (κ2) is 6.22. The largest absolute Gasteiger partial charge is 0.444 e. The van der Waals surface area contributed by atoms with E-state index in [2.05, 4.69) is 17.2 Å². The summed E-state index contributed by atoms with van der Waals surface area (Å²) in [7, 11) is 0. The number of carbonyl (C=O) groups excluding carboxylic acids is 2. The number of alkyl carbamates (subject to hydrolysis) is 1. The summed E-state index contributed by atoms with van der Waals surface area (Å²) < 4.78 is 5.05. The van der Waals surface area contributed by atoms with Crippen LogP contribution in [-0.2, 0) is 4.74 Å². The smallest absolute Gasteiger partial charge is 0.408 e.